The number of hydrogen-bond acceptors (Lipinski definition) is 3. The summed E-state index contributed by atoms with van der Waals surface area (Å²) >= 11 is 0. The first-order chi connectivity index (χ1) is 10.3. The molecule has 1 unspecified atom stereocenters. The molecule has 0 bridgehead atoms. The first kappa shape index (κ1) is 16.2. The lowest BCUT2D eigenvalue weighted by Gasteiger charge is -2.33. The molecule has 1 aliphatic carbocycles. The lowest BCUT2D eigenvalue weighted by Crippen LogP contribution is -2.31. The molecule has 1 aromatic carbocycles. The highest BCUT2D eigenvalue weighted by atomic mass is 16.5. The van der Waals surface area contributed by atoms with Gasteiger partial charge in [0, 0.05) is 6.04 Å². The minimum atomic E-state index is 0.330. The molecule has 1 N–H and O–H groups in total. The van der Waals surface area contributed by atoms with E-state index in [1.807, 2.05) is 18.2 Å². The molecule has 1 saturated carbocycles. The van der Waals surface area contributed by atoms with E-state index in [2.05, 4.69) is 12.2 Å². The van der Waals surface area contributed by atoms with E-state index in [1.54, 1.807) is 14.2 Å². The highest BCUT2D eigenvalue weighted by molar-refractivity contribution is 5.47. The van der Waals surface area contributed by atoms with E-state index in [-0.39, 0.29) is 0 Å². The molecule has 0 aliphatic heterocycles. The van der Waals surface area contributed by atoms with Crippen molar-refractivity contribution < 1.29 is 9.47 Å². The van der Waals surface area contributed by atoms with Crippen LogP contribution >= 0.6 is 0 Å². The molecule has 2 rings (SSSR count). The van der Waals surface area contributed by atoms with Crippen LogP contribution in [0.25, 0.3) is 0 Å². The Hall–Kier alpha value is -1.22. The summed E-state index contributed by atoms with van der Waals surface area (Å²) in [7, 11) is 3.49. The Kier molecular flexibility index (Phi) is 6.37. The van der Waals surface area contributed by atoms with Gasteiger partial charge in [0.2, 0.25) is 0 Å². The summed E-state index contributed by atoms with van der Waals surface area (Å²) in [6.45, 7) is 3.24. The predicted molar refractivity (Wildman–Crippen MR) is 87.2 cm³/mol. The van der Waals surface area contributed by atoms with Crippen LogP contribution in [0.3, 0.4) is 0 Å². The molecular weight excluding hydrogens is 262 g/mol. The summed E-state index contributed by atoms with van der Waals surface area (Å²) in [6, 6.07) is 6.41. The molecule has 0 spiro atoms. The lowest BCUT2D eigenvalue weighted by molar-refractivity contribution is 0.259. The van der Waals surface area contributed by atoms with E-state index in [1.165, 1.54) is 37.7 Å². The van der Waals surface area contributed by atoms with Crippen molar-refractivity contribution in [3.8, 4) is 11.5 Å². The van der Waals surface area contributed by atoms with Crippen molar-refractivity contribution in [1.29, 1.82) is 0 Å². The van der Waals surface area contributed by atoms with E-state index in [9.17, 15) is 0 Å². The minimum absolute atomic E-state index is 0.330. The van der Waals surface area contributed by atoms with Gasteiger partial charge in [-0.05, 0) is 43.9 Å². The third kappa shape index (κ3) is 3.91. The highest BCUT2D eigenvalue weighted by Crippen LogP contribution is 2.42. The minimum Gasteiger partial charge on any atom is -0.496 e. The molecule has 1 fully saturated rings. The van der Waals surface area contributed by atoms with Crippen molar-refractivity contribution in [3.05, 3.63) is 23.8 Å². The van der Waals surface area contributed by atoms with E-state index in [0.29, 0.717) is 12.0 Å². The number of hydrogen-bond donors (Lipinski definition) is 1. The van der Waals surface area contributed by atoms with Gasteiger partial charge in [-0.3, -0.25) is 0 Å². The van der Waals surface area contributed by atoms with Crippen LogP contribution in [0.15, 0.2) is 18.2 Å². The molecule has 1 atom stereocenters. The summed E-state index contributed by atoms with van der Waals surface area (Å²) in [5.41, 5.74) is 1.20. The summed E-state index contributed by atoms with van der Waals surface area (Å²) in [5, 5.41) is 3.74. The molecule has 0 heterocycles. The zero-order chi connectivity index (χ0) is 15.1. The second kappa shape index (κ2) is 8.28. The fourth-order valence-corrected chi connectivity index (χ4v) is 3.46. The summed E-state index contributed by atoms with van der Waals surface area (Å²) < 4.78 is 11.2. The first-order valence-electron chi connectivity index (χ1n) is 8.26. The number of benzene rings is 1. The highest BCUT2D eigenvalue weighted by Gasteiger charge is 2.29. The van der Waals surface area contributed by atoms with E-state index < -0.39 is 0 Å². The van der Waals surface area contributed by atoms with Crippen molar-refractivity contribution in [2.24, 2.45) is 5.92 Å². The Morgan fingerprint density at radius 3 is 2.24 bits per heavy atom. The second-order valence-electron chi connectivity index (χ2n) is 5.91. The molecule has 1 aromatic rings. The zero-order valence-corrected chi connectivity index (χ0v) is 13.7. The van der Waals surface area contributed by atoms with Crippen LogP contribution < -0.4 is 14.8 Å². The van der Waals surface area contributed by atoms with E-state index >= 15 is 0 Å². The second-order valence-corrected chi connectivity index (χ2v) is 5.91. The number of ether oxygens (including phenoxy) is 2. The van der Waals surface area contributed by atoms with Crippen molar-refractivity contribution in [2.75, 3.05) is 20.8 Å². The lowest BCUT2D eigenvalue weighted by atomic mass is 9.80. The van der Waals surface area contributed by atoms with Gasteiger partial charge in [-0.1, -0.05) is 32.3 Å². The van der Waals surface area contributed by atoms with Gasteiger partial charge in [-0.15, -0.1) is 0 Å². The summed E-state index contributed by atoms with van der Waals surface area (Å²) in [5.74, 6) is 2.55. The van der Waals surface area contributed by atoms with Crippen LogP contribution in [-0.2, 0) is 0 Å². The van der Waals surface area contributed by atoms with Crippen molar-refractivity contribution in [2.45, 2.75) is 51.5 Å². The number of rotatable bonds is 7. The normalized spacial score (nSPS) is 17.5. The maximum absolute atomic E-state index is 5.62. The molecule has 0 amide bonds. The Morgan fingerprint density at radius 1 is 1.10 bits per heavy atom. The van der Waals surface area contributed by atoms with Crippen molar-refractivity contribution in [1.82, 2.24) is 5.32 Å². The third-order valence-corrected chi connectivity index (χ3v) is 4.51. The van der Waals surface area contributed by atoms with Crippen LogP contribution in [0.1, 0.15) is 57.1 Å². The molecule has 0 radical (unpaired) electrons. The largest absolute Gasteiger partial charge is 0.496 e. The van der Waals surface area contributed by atoms with Gasteiger partial charge < -0.3 is 14.8 Å². The molecule has 3 heteroatoms. The SMILES string of the molecule is CCCNC(c1c(OC)cccc1OC)C1CCCCC1. The summed E-state index contributed by atoms with van der Waals surface area (Å²) in [4.78, 5) is 0. The van der Waals surface area contributed by atoms with Gasteiger partial charge in [0.05, 0.1) is 19.8 Å². The smallest absolute Gasteiger partial charge is 0.127 e. The predicted octanol–water partition coefficient (Wildman–Crippen LogP) is 4.32. The Labute approximate surface area is 129 Å². The Bertz CT molecular complexity index is 405. The third-order valence-electron chi connectivity index (χ3n) is 4.51. The fraction of sp³-hybridized carbons (Fsp3) is 0.667. The van der Waals surface area contributed by atoms with Gasteiger partial charge in [0.1, 0.15) is 11.5 Å². The average molecular weight is 291 g/mol. The van der Waals surface area contributed by atoms with Gasteiger partial charge in [-0.2, -0.15) is 0 Å². The Morgan fingerprint density at radius 2 is 1.71 bits per heavy atom. The molecule has 118 valence electrons. The first-order valence-corrected chi connectivity index (χ1v) is 8.26. The number of nitrogens with one attached hydrogen (secondary N) is 1. The molecule has 0 aromatic heterocycles. The van der Waals surface area contributed by atoms with Gasteiger partial charge in [0.25, 0.3) is 0 Å². The monoisotopic (exact) mass is 291 g/mol. The van der Waals surface area contributed by atoms with Crippen molar-refractivity contribution in [3.63, 3.8) is 0 Å². The molecular formula is C18H29NO2. The Balaban J connectivity index is 2.34. The van der Waals surface area contributed by atoms with Crippen LogP contribution in [0.4, 0.5) is 0 Å². The van der Waals surface area contributed by atoms with Crippen LogP contribution in [0, 0.1) is 5.92 Å². The average Bonchev–Trinajstić information content (AvgIpc) is 2.56. The molecule has 0 saturated heterocycles. The van der Waals surface area contributed by atoms with Crippen LogP contribution in [-0.4, -0.2) is 20.8 Å². The maximum Gasteiger partial charge on any atom is 0.127 e. The van der Waals surface area contributed by atoms with E-state index in [4.69, 9.17) is 9.47 Å². The number of methoxy groups -OCH3 is 2. The fourth-order valence-electron chi connectivity index (χ4n) is 3.46. The van der Waals surface area contributed by atoms with Crippen LogP contribution in [0.2, 0.25) is 0 Å². The topological polar surface area (TPSA) is 30.5 Å². The summed E-state index contributed by atoms with van der Waals surface area (Å²) in [6.07, 6.45) is 7.78. The zero-order valence-electron chi connectivity index (χ0n) is 13.7. The standard InChI is InChI=1S/C18H29NO2/c1-4-13-19-18(14-9-6-5-7-10-14)17-15(20-2)11-8-12-16(17)21-3/h8,11-12,14,18-19H,4-7,9-10,13H2,1-3H3. The van der Waals surface area contributed by atoms with Gasteiger partial charge in [0.15, 0.2) is 0 Å². The van der Waals surface area contributed by atoms with Gasteiger partial charge >= 0.3 is 0 Å². The quantitative estimate of drug-likeness (QED) is 0.811. The van der Waals surface area contributed by atoms with Gasteiger partial charge in [-0.25, -0.2) is 0 Å². The molecule has 3 nitrogen and oxygen atoms in total. The van der Waals surface area contributed by atoms with Crippen LogP contribution in [0.5, 0.6) is 11.5 Å². The maximum atomic E-state index is 5.62. The van der Waals surface area contributed by atoms with E-state index in [0.717, 1.165) is 24.5 Å². The molecule has 21 heavy (non-hydrogen) atoms. The molecule has 1 aliphatic rings. The van der Waals surface area contributed by atoms with Crippen molar-refractivity contribution >= 4 is 0 Å².